The number of alkyl halides is 3. The number of imide groups is 1. The van der Waals surface area contributed by atoms with Gasteiger partial charge in [0.1, 0.15) is 30.2 Å². The summed E-state index contributed by atoms with van der Waals surface area (Å²) in [4.78, 5) is 38.2. The minimum absolute atomic E-state index is 0.161. The summed E-state index contributed by atoms with van der Waals surface area (Å²) in [5, 5.41) is 5.05. The standard InChI is InChI=1S/C22H22F3N3O5/c1-14-4-3-5-17(12-14)32-11-10-26-18(29)13-28-19(30)21(2,27-20(28)31)15-6-8-16(9-7-15)33-22(23,24)25/h3-9,12H,10-11,13H2,1-2H3,(H,26,29)(H,27,31). The van der Waals surface area contributed by atoms with E-state index >= 15 is 0 Å². The van der Waals surface area contributed by atoms with Crippen LogP contribution in [0.2, 0.25) is 0 Å². The molecule has 1 aliphatic heterocycles. The number of nitrogens with one attached hydrogen (secondary N) is 2. The normalized spacial score (nSPS) is 18.2. The van der Waals surface area contributed by atoms with Gasteiger partial charge < -0.3 is 20.1 Å². The van der Waals surface area contributed by atoms with E-state index < -0.39 is 42.0 Å². The van der Waals surface area contributed by atoms with Gasteiger partial charge in [0.2, 0.25) is 5.91 Å². The molecule has 3 rings (SSSR count). The molecule has 2 N–H and O–H groups in total. The third-order valence-corrected chi connectivity index (χ3v) is 4.92. The molecule has 0 saturated carbocycles. The quantitative estimate of drug-likeness (QED) is 0.462. The minimum Gasteiger partial charge on any atom is -0.492 e. The highest BCUT2D eigenvalue weighted by atomic mass is 19.4. The maximum Gasteiger partial charge on any atom is 0.573 e. The summed E-state index contributed by atoms with van der Waals surface area (Å²) >= 11 is 0. The van der Waals surface area contributed by atoms with Gasteiger partial charge in [0, 0.05) is 0 Å². The van der Waals surface area contributed by atoms with Crippen molar-refractivity contribution < 1.29 is 37.0 Å². The number of ether oxygens (including phenoxy) is 2. The highest BCUT2D eigenvalue weighted by Crippen LogP contribution is 2.31. The third-order valence-electron chi connectivity index (χ3n) is 4.92. The Labute approximate surface area is 187 Å². The zero-order valence-corrected chi connectivity index (χ0v) is 17.9. The van der Waals surface area contributed by atoms with Gasteiger partial charge in [0.25, 0.3) is 5.91 Å². The molecule has 2 aromatic carbocycles. The van der Waals surface area contributed by atoms with Crippen LogP contribution in [0.1, 0.15) is 18.1 Å². The summed E-state index contributed by atoms with van der Waals surface area (Å²) in [5.74, 6) is -1.08. The largest absolute Gasteiger partial charge is 0.573 e. The number of halogens is 3. The maximum absolute atomic E-state index is 12.9. The fraction of sp³-hybridized carbons (Fsp3) is 0.318. The lowest BCUT2D eigenvalue weighted by molar-refractivity contribution is -0.274. The molecule has 0 aliphatic carbocycles. The van der Waals surface area contributed by atoms with Crippen molar-refractivity contribution in [3.8, 4) is 11.5 Å². The van der Waals surface area contributed by atoms with Crippen LogP contribution in [0.15, 0.2) is 48.5 Å². The van der Waals surface area contributed by atoms with Crippen LogP contribution >= 0.6 is 0 Å². The van der Waals surface area contributed by atoms with Gasteiger partial charge in [-0.3, -0.25) is 14.5 Å². The zero-order valence-electron chi connectivity index (χ0n) is 17.9. The van der Waals surface area contributed by atoms with E-state index in [0.29, 0.717) is 5.75 Å². The van der Waals surface area contributed by atoms with E-state index in [0.717, 1.165) is 22.6 Å². The first kappa shape index (κ1) is 23.9. The van der Waals surface area contributed by atoms with Crippen molar-refractivity contribution in [2.24, 2.45) is 0 Å². The van der Waals surface area contributed by atoms with Crippen LogP contribution in [0.5, 0.6) is 11.5 Å². The predicted octanol–water partition coefficient (Wildman–Crippen LogP) is 2.86. The molecule has 0 aromatic heterocycles. The van der Waals surface area contributed by atoms with Crippen LogP contribution in [0.25, 0.3) is 0 Å². The first-order valence-corrected chi connectivity index (χ1v) is 9.94. The van der Waals surface area contributed by atoms with Gasteiger partial charge in [-0.2, -0.15) is 0 Å². The topological polar surface area (TPSA) is 97.0 Å². The second kappa shape index (κ2) is 9.39. The fourth-order valence-electron chi connectivity index (χ4n) is 3.29. The second-order valence-electron chi connectivity index (χ2n) is 7.53. The molecule has 1 atom stereocenters. The Morgan fingerprint density at radius 1 is 1.12 bits per heavy atom. The molecule has 176 valence electrons. The summed E-state index contributed by atoms with van der Waals surface area (Å²) < 4.78 is 46.3. The Hall–Kier alpha value is -3.76. The van der Waals surface area contributed by atoms with Crippen LogP contribution < -0.4 is 20.1 Å². The fourth-order valence-corrected chi connectivity index (χ4v) is 3.29. The Morgan fingerprint density at radius 2 is 1.82 bits per heavy atom. The number of nitrogens with zero attached hydrogens (tertiary/aromatic N) is 1. The average molecular weight is 465 g/mol. The molecule has 2 aromatic rings. The van der Waals surface area contributed by atoms with Crippen molar-refractivity contribution in [3.63, 3.8) is 0 Å². The van der Waals surface area contributed by atoms with Gasteiger partial charge in [-0.1, -0.05) is 24.3 Å². The molecule has 0 radical (unpaired) electrons. The molecule has 1 fully saturated rings. The summed E-state index contributed by atoms with van der Waals surface area (Å²) in [6, 6.07) is 11.2. The first-order chi connectivity index (χ1) is 15.5. The van der Waals surface area contributed by atoms with Crippen LogP contribution in [0.3, 0.4) is 0 Å². The number of rotatable bonds is 8. The van der Waals surface area contributed by atoms with Gasteiger partial charge in [0.05, 0.1) is 6.54 Å². The molecule has 0 bridgehead atoms. The predicted molar refractivity (Wildman–Crippen MR) is 110 cm³/mol. The van der Waals surface area contributed by atoms with Crippen molar-refractivity contribution in [1.29, 1.82) is 0 Å². The first-order valence-electron chi connectivity index (χ1n) is 9.94. The monoisotopic (exact) mass is 465 g/mol. The van der Waals surface area contributed by atoms with E-state index in [9.17, 15) is 27.6 Å². The smallest absolute Gasteiger partial charge is 0.492 e. The summed E-state index contributed by atoms with van der Waals surface area (Å²) in [7, 11) is 0. The molecule has 8 nitrogen and oxygen atoms in total. The number of carbonyl (C=O) groups is 3. The molecule has 1 heterocycles. The minimum atomic E-state index is -4.85. The van der Waals surface area contributed by atoms with E-state index in [1.165, 1.54) is 19.1 Å². The Morgan fingerprint density at radius 3 is 2.45 bits per heavy atom. The number of hydrogen-bond donors (Lipinski definition) is 2. The van der Waals surface area contributed by atoms with Crippen LogP contribution in [0, 0.1) is 6.92 Å². The van der Waals surface area contributed by atoms with Gasteiger partial charge in [-0.25, -0.2) is 4.79 Å². The Balaban J connectivity index is 1.55. The average Bonchev–Trinajstić information content (AvgIpc) is 2.94. The van der Waals surface area contributed by atoms with Crippen molar-refractivity contribution in [1.82, 2.24) is 15.5 Å². The number of hydrogen-bond acceptors (Lipinski definition) is 5. The van der Waals surface area contributed by atoms with Crippen molar-refractivity contribution in [2.75, 3.05) is 19.7 Å². The van der Waals surface area contributed by atoms with Gasteiger partial charge in [0.15, 0.2) is 0 Å². The van der Waals surface area contributed by atoms with E-state index in [4.69, 9.17) is 4.74 Å². The SMILES string of the molecule is Cc1cccc(OCCNC(=O)CN2C(=O)NC(C)(c3ccc(OC(F)(F)F)cc3)C2=O)c1. The van der Waals surface area contributed by atoms with E-state index in [1.54, 1.807) is 6.07 Å². The van der Waals surface area contributed by atoms with Crippen LogP contribution in [0.4, 0.5) is 18.0 Å². The number of carbonyl (C=O) groups excluding carboxylic acids is 3. The summed E-state index contributed by atoms with van der Waals surface area (Å²) in [6.45, 7) is 3.17. The highest BCUT2D eigenvalue weighted by molar-refractivity contribution is 6.09. The van der Waals surface area contributed by atoms with Gasteiger partial charge >= 0.3 is 12.4 Å². The van der Waals surface area contributed by atoms with Crippen molar-refractivity contribution in [2.45, 2.75) is 25.7 Å². The molecule has 11 heteroatoms. The lowest BCUT2D eigenvalue weighted by atomic mass is 9.92. The molecule has 33 heavy (non-hydrogen) atoms. The van der Waals surface area contributed by atoms with E-state index in [1.807, 2.05) is 25.1 Å². The molecular weight excluding hydrogens is 443 g/mol. The zero-order chi connectivity index (χ0) is 24.2. The summed E-state index contributed by atoms with van der Waals surface area (Å²) in [6.07, 6.45) is -4.85. The molecule has 0 spiro atoms. The van der Waals surface area contributed by atoms with Gasteiger partial charge in [-0.15, -0.1) is 13.2 Å². The lowest BCUT2D eigenvalue weighted by Gasteiger charge is -2.22. The van der Waals surface area contributed by atoms with Crippen molar-refractivity contribution in [3.05, 3.63) is 59.7 Å². The number of benzene rings is 2. The number of aryl methyl sites for hydroxylation is 1. The highest BCUT2D eigenvalue weighted by Gasteiger charge is 2.49. The van der Waals surface area contributed by atoms with Crippen molar-refractivity contribution >= 4 is 17.8 Å². The number of amides is 4. The third kappa shape index (κ3) is 5.93. The Bertz CT molecular complexity index is 1040. The number of urea groups is 1. The van der Waals surface area contributed by atoms with Gasteiger partial charge in [-0.05, 0) is 49.2 Å². The second-order valence-corrected chi connectivity index (χ2v) is 7.53. The van der Waals surface area contributed by atoms with E-state index in [2.05, 4.69) is 15.4 Å². The van der Waals surface area contributed by atoms with Crippen LogP contribution in [-0.4, -0.2) is 48.8 Å². The summed E-state index contributed by atoms with van der Waals surface area (Å²) in [5.41, 5.74) is -0.270. The van der Waals surface area contributed by atoms with Crippen LogP contribution in [-0.2, 0) is 15.1 Å². The maximum atomic E-state index is 12.9. The molecule has 1 aliphatic rings. The Kier molecular flexibility index (Phi) is 6.80. The molecule has 1 unspecified atom stereocenters. The molecule has 1 saturated heterocycles. The lowest BCUT2D eigenvalue weighted by Crippen LogP contribution is -2.43. The van der Waals surface area contributed by atoms with E-state index in [-0.39, 0.29) is 18.7 Å². The molecular formula is C22H22F3N3O5. The molecule has 4 amide bonds.